The second kappa shape index (κ2) is 6.32. The van der Waals surface area contributed by atoms with E-state index in [0.29, 0.717) is 11.9 Å². The molecule has 3 rings (SSSR count). The fourth-order valence-corrected chi connectivity index (χ4v) is 2.76. The number of aliphatic hydroxyl groups is 1. The maximum atomic E-state index is 9.45. The number of likely N-dealkylation sites (N-methyl/N-ethyl adjacent to an activating group) is 1. The molecule has 5 nitrogen and oxygen atoms in total. The minimum Gasteiger partial charge on any atom is -0.393 e. The Bertz CT molecular complexity index is 626. The van der Waals surface area contributed by atoms with Gasteiger partial charge in [-0.1, -0.05) is 30.3 Å². The predicted molar refractivity (Wildman–Crippen MR) is 87.8 cm³/mol. The topological polar surface area (TPSA) is 75.3 Å². The minimum atomic E-state index is -0.194. The number of nitrogen functional groups attached to an aromatic ring is 1. The highest BCUT2D eigenvalue weighted by atomic mass is 16.3. The molecule has 1 aromatic carbocycles. The van der Waals surface area contributed by atoms with E-state index in [1.54, 1.807) is 0 Å². The summed E-state index contributed by atoms with van der Waals surface area (Å²) in [6, 6.07) is 12.4. The zero-order valence-corrected chi connectivity index (χ0v) is 12.8. The molecule has 22 heavy (non-hydrogen) atoms. The van der Waals surface area contributed by atoms with Crippen LogP contribution in [0.15, 0.2) is 36.4 Å². The number of nitrogens with zero attached hydrogens (tertiary/aromatic N) is 3. The van der Waals surface area contributed by atoms with Gasteiger partial charge in [-0.3, -0.25) is 0 Å². The van der Waals surface area contributed by atoms with Crippen molar-refractivity contribution < 1.29 is 5.11 Å². The normalized spacial score (nSPS) is 20.5. The zero-order chi connectivity index (χ0) is 15.5. The van der Waals surface area contributed by atoms with E-state index in [1.807, 2.05) is 19.2 Å². The van der Waals surface area contributed by atoms with Gasteiger partial charge in [0.15, 0.2) is 0 Å². The van der Waals surface area contributed by atoms with Gasteiger partial charge in [-0.05, 0) is 24.8 Å². The van der Waals surface area contributed by atoms with Crippen LogP contribution in [0.25, 0.3) is 0 Å². The van der Waals surface area contributed by atoms with Gasteiger partial charge in [-0.25, -0.2) is 4.98 Å². The number of benzene rings is 1. The Labute approximate surface area is 130 Å². The third-order valence-electron chi connectivity index (χ3n) is 4.25. The van der Waals surface area contributed by atoms with Crippen LogP contribution in [0.1, 0.15) is 30.0 Å². The first-order valence-electron chi connectivity index (χ1n) is 7.69. The van der Waals surface area contributed by atoms with Crippen LogP contribution in [0.4, 0.5) is 11.8 Å². The van der Waals surface area contributed by atoms with Gasteiger partial charge in [0.05, 0.1) is 11.8 Å². The summed E-state index contributed by atoms with van der Waals surface area (Å²) < 4.78 is 0. The molecule has 1 aliphatic carbocycles. The number of nitrogens with two attached hydrogens (primary N) is 1. The predicted octanol–water partition coefficient (Wildman–Crippen LogP) is 1.98. The van der Waals surface area contributed by atoms with Crippen LogP contribution >= 0.6 is 0 Å². The largest absolute Gasteiger partial charge is 0.393 e. The van der Waals surface area contributed by atoms with E-state index in [4.69, 9.17) is 5.73 Å². The third-order valence-corrected chi connectivity index (χ3v) is 4.25. The summed E-state index contributed by atoms with van der Waals surface area (Å²) >= 11 is 0. The standard InChI is InChI=1S/C17H22N4O/c1-21(8-7-12-5-3-2-4-6-12)16-11-15(19-17(18)20-16)13-9-14(22)10-13/h2-6,11,13-14,22H,7-10H2,1H3,(H2,18,19,20). The summed E-state index contributed by atoms with van der Waals surface area (Å²) in [6.45, 7) is 0.868. The lowest BCUT2D eigenvalue weighted by Crippen LogP contribution is -2.28. The van der Waals surface area contributed by atoms with Crippen molar-refractivity contribution >= 4 is 11.8 Å². The smallest absolute Gasteiger partial charge is 0.222 e. The average Bonchev–Trinajstić information content (AvgIpc) is 2.50. The molecule has 116 valence electrons. The van der Waals surface area contributed by atoms with E-state index in [-0.39, 0.29) is 6.10 Å². The zero-order valence-electron chi connectivity index (χ0n) is 12.8. The Morgan fingerprint density at radius 3 is 2.64 bits per heavy atom. The molecule has 1 aliphatic rings. The first-order chi connectivity index (χ1) is 10.6. The van der Waals surface area contributed by atoms with E-state index in [9.17, 15) is 5.11 Å². The van der Waals surface area contributed by atoms with Gasteiger partial charge < -0.3 is 15.7 Å². The lowest BCUT2D eigenvalue weighted by Gasteiger charge is -2.31. The molecule has 0 unspecified atom stereocenters. The van der Waals surface area contributed by atoms with Gasteiger partial charge in [-0.15, -0.1) is 0 Å². The summed E-state index contributed by atoms with van der Waals surface area (Å²) in [5.74, 6) is 1.46. The van der Waals surface area contributed by atoms with Crippen LogP contribution in [-0.2, 0) is 6.42 Å². The van der Waals surface area contributed by atoms with Crippen LogP contribution in [-0.4, -0.2) is 34.8 Å². The maximum Gasteiger partial charge on any atom is 0.222 e. The Kier molecular flexibility index (Phi) is 4.24. The van der Waals surface area contributed by atoms with E-state index >= 15 is 0 Å². The van der Waals surface area contributed by atoms with Crippen LogP contribution in [0.2, 0.25) is 0 Å². The highest BCUT2D eigenvalue weighted by Gasteiger charge is 2.30. The molecule has 1 heterocycles. The lowest BCUT2D eigenvalue weighted by molar-refractivity contribution is 0.0732. The van der Waals surface area contributed by atoms with Gasteiger partial charge in [0, 0.05) is 25.6 Å². The molecule has 0 radical (unpaired) electrons. The summed E-state index contributed by atoms with van der Waals surface area (Å²) in [6.07, 6.45) is 2.30. The molecule has 0 bridgehead atoms. The summed E-state index contributed by atoms with van der Waals surface area (Å²) in [4.78, 5) is 10.8. The van der Waals surface area contributed by atoms with Crippen molar-refractivity contribution in [3.05, 3.63) is 47.7 Å². The van der Waals surface area contributed by atoms with Crippen molar-refractivity contribution in [3.8, 4) is 0 Å². The highest BCUT2D eigenvalue weighted by Crippen LogP contribution is 2.36. The molecule has 0 aliphatic heterocycles. The summed E-state index contributed by atoms with van der Waals surface area (Å²) in [5.41, 5.74) is 8.09. The second-order valence-electron chi connectivity index (χ2n) is 5.99. The fourth-order valence-electron chi connectivity index (χ4n) is 2.76. The average molecular weight is 298 g/mol. The number of anilines is 2. The molecule has 0 amide bonds. The molecular formula is C17H22N4O. The van der Waals surface area contributed by atoms with Gasteiger partial charge >= 0.3 is 0 Å². The van der Waals surface area contributed by atoms with Gasteiger partial charge in [0.25, 0.3) is 0 Å². The van der Waals surface area contributed by atoms with Gasteiger partial charge in [-0.2, -0.15) is 4.98 Å². The molecule has 0 atom stereocenters. The first kappa shape index (κ1) is 14.8. The Morgan fingerprint density at radius 2 is 1.95 bits per heavy atom. The van der Waals surface area contributed by atoms with E-state index in [0.717, 1.165) is 37.3 Å². The van der Waals surface area contributed by atoms with Crippen molar-refractivity contribution in [1.29, 1.82) is 0 Å². The van der Waals surface area contributed by atoms with Gasteiger partial charge in [0.1, 0.15) is 5.82 Å². The van der Waals surface area contributed by atoms with Crippen LogP contribution in [0.5, 0.6) is 0 Å². The van der Waals surface area contributed by atoms with E-state index in [1.165, 1.54) is 5.56 Å². The fraction of sp³-hybridized carbons (Fsp3) is 0.412. The van der Waals surface area contributed by atoms with Crippen molar-refractivity contribution in [2.24, 2.45) is 0 Å². The van der Waals surface area contributed by atoms with E-state index in [2.05, 4.69) is 39.1 Å². The molecule has 1 saturated carbocycles. The SMILES string of the molecule is CN(CCc1ccccc1)c1cc(C2CC(O)C2)nc(N)n1. The Balaban J connectivity index is 1.68. The molecule has 5 heteroatoms. The number of hydrogen-bond acceptors (Lipinski definition) is 5. The number of aromatic nitrogens is 2. The van der Waals surface area contributed by atoms with E-state index < -0.39 is 0 Å². The summed E-state index contributed by atoms with van der Waals surface area (Å²) in [7, 11) is 2.02. The molecule has 0 spiro atoms. The second-order valence-corrected chi connectivity index (χ2v) is 5.99. The highest BCUT2D eigenvalue weighted by molar-refractivity contribution is 5.44. The maximum absolute atomic E-state index is 9.45. The molecule has 0 saturated heterocycles. The van der Waals surface area contributed by atoms with Crippen LogP contribution in [0.3, 0.4) is 0 Å². The number of aliphatic hydroxyl groups excluding tert-OH is 1. The van der Waals surface area contributed by atoms with Crippen LogP contribution in [0, 0.1) is 0 Å². The Hall–Kier alpha value is -2.14. The van der Waals surface area contributed by atoms with Gasteiger partial charge in [0.2, 0.25) is 5.95 Å². The molecule has 3 N–H and O–H groups in total. The third kappa shape index (κ3) is 3.36. The monoisotopic (exact) mass is 298 g/mol. The number of rotatable bonds is 5. The quantitative estimate of drug-likeness (QED) is 0.883. The summed E-state index contributed by atoms with van der Waals surface area (Å²) in [5, 5.41) is 9.45. The van der Waals surface area contributed by atoms with Crippen molar-refractivity contribution in [2.45, 2.75) is 31.3 Å². The van der Waals surface area contributed by atoms with Crippen molar-refractivity contribution in [3.63, 3.8) is 0 Å². The first-order valence-corrected chi connectivity index (χ1v) is 7.69. The molecule has 1 aromatic heterocycles. The Morgan fingerprint density at radius 1 is 1.23 bits per heavy atom. The molecular weight excluding hydrogens is 276 g/mol. The van der Waals surface area contributed by atoms with Crippen molar-refractivity contribution in [1.82, 2.24) is 9.97 Å². The number of hydrogen-bond donors (Lipinski definition) is 2. The van der Waals surface area contributed by atoms with Crippen LogP contribution < -0.4 is 10.6 Å². The molecule has 2 aromatic rings. The lowest BCUT2D eigenvalue weighted by atomic mass is 9.80. The van der Waals surface area contributed by atoms with Crippen molar-refractivity contribution in [2.75, 3.05) is 24.2 Å². The molecule has 1 fully saturated rings. The minimum absolute atomic E-state index is 0.194.